The van der Waals surface area contributed by atoms with Gasteiger partial charge in [0.1, 0.15) is 5.01 Å². The van der Waals surface area contributed by atoms with Crippen molar-refractivity contribution in [1.29, 1.82) is 0 Å². The SMILES string of the molecule is CC(=O)N1CCCC1c1nnc(C(=O)O)s1. The van der Waals surface area contributed by atoms with E-state index in [9.17, 15) is 9.59 Å². The smallest absolute Gasteiger partial charge is 0.367 e. The summed E-state index contributed by atoms with van der Waals surface area (Å²) in [4.78, 5) is 23.7. The lowest BCUT2D eigenvalue weighted by Crippen LogP contribution is -2.27. The van der Waals surface area contributed by atoms with Crippen LogP contribution in [0.5, 0.6) is 0 Å². The van der Waals surface area contributed by atoms with E-state index >= 15 is 0 Å². The predicted molar refractivity (Wildman–Crippen MR) is 56.2 cm³/mol. The van der Waals surface area contributed by atoms with Gasteiger partial charge in [0.2, 0.25) is 10.9 Å². The summed E-state index contributed by atoms with van der Waals surface area (Å²) in [6, 6.07) is -0.0944. The molecule has 0 aliphatic carbocycles. The number of aromatic nitrogens is 2. The van der Waals surface area contributed by atoms with Gasteiger partial charge in [-0.05, 0) is 12.8 Å². The molecule has 16 heavy (non-hydrogen) atoms. The summed E-state index contributed by atoms with van der Waals surface area (Å²) in [5.74, 6) is -1.08. The van der Waals surface area contributed by atoms with E-state index in [0.29, 0.717) is 11.6 Å². The van der Waals surface area contributed by atoms with E-state index in [2.05, 4.69) is 10.2 Å². The van der Waals surface area contributed by atoms with Gasteiger partial charge in [-0.2, -0.15) is 0 Å². The molecule has 2 rings (SSSR count). The molecule has 0 spiro atoms. The van der Waals surface area contributed by atoms with E-state index in [1.54, 1.807) is 4.90 Å². The van der Waals surface area contributed by atoms with Crippen LogP contribution >= 0.6 is 11.3 Å². The molecular formula is C9H11N3O3S. The highest BCUT2D eigenvalue weighted by Crippen LogP contribution is 2.33. The fourth-order valence-corrected chi connectivity index (χ4v) is 2.69. The van der Waals surface area contributed by atoms with Gasteiger partial charge in [0.15, 0.2) is 0 Å². The first-order chi connectivity index (χ1) is 7.59. The van der Waals surface area contributed by atoms with Crippen LogP contribution in [0.3, 0.4) is 0 Å². The molecule has 1 fully saturated rings. The van der Waals surface area contributed by atoms with Gasteiger partial charge in [-0.1, -0.05) is 11.3 Å². The second-order valence-electron chi connectivity index (χ2n) is 3.62. The molecule has 0 bridgehead atoms. The number of nitrogens with zero attached hydrogens (tertiary/aromatic N) is 3. The first-order valence-electron chi connectivity index (χ1n) is 4.93. The van der Waals surface area contributed by atoms with Gasteiger partial charge in [-0.15, -0.1) is 10.2 Å². The van der Waals surface area contributed by atoms with Gasteiger partial charge in [-0.25, -0.2) is 4.79 Å². The van der Waals surface area contributed by atoms with Crippen LogP contribution in [-0.4, -0.2) is 38.6 Å². The van der Waals surface area contributed by atoms with Crippen molar-refractivity contribution in [3.8, 4) is 0 Å². The van der Waals surface area contributed by atoms with Crippen molar-refractivity contribution in [2.45, 2.75) is 25.8 Å². The average Bonchev–Trinajstić information content (AvgIpc) is 2.86. The van der Waals surface area contributed by atoms with E-state index in [4.69, 9.17) is 5.11 Å². The van der Waals surface area contributed by atoms with Crippen LogP contribution < -0.4 is 0 Å². The second kappa shape index (κ2) is 4.17. The molecule has 1 aliphatic heterocycles. The number of carboxylic acid groups (broad SMARTS) is 1. The van der Waals surface area contributed by atoms with Gasteiger partial charge in [0.25, 0.3) is 0 Å². The molecule has 86 valence electrons. The van der Waals surface area contributed by atoms with Crippen molar-refractivity contribution < 1.29 is 14.7 Å². The molecule has 0 aromatic carbocycles. The highest BCUT2D eigenvalue weighted by Gasteiger charge is 2.31. The number of carbonyl (C=O) groups is 2. The van der Waals surface area contributed by atoms with E-state index in [1.807, 2.05) is 0 Å². The second-order valence-corrected chi connectivity index (χ2v) is 4.63. The van der Waals surface area contributed by atoms with Crippen LogP contribution in [0.15, 0.2) is 0 Å². The third-order valence-electron chi connectivity index (χ3n) is 2.57. The van der Waals surface area contributed by atoms with E-state index < -0.39 is 5.97 Å². The molecule has 7 heteroatoms. The monoisotopic (exact) mass is 241 g/mol. The average molecular weight is 241 g/mol. The summed E-state index contributed by atoms with van der Waals surface area (Å²) in [5.41, 5.74) is 0. The Morgan fingerprint density at radius 1 is 1.50 bits per heavy atom. The Morgan fingerprint density at radius 3 is 2.81 bits per heavy atom. The normalized spacial score (nSPS) is 20.1. The highest BCUT2D eigenvalue weighted by atomic mass is 32.1. The van der Waals surface area contributed by atoms with Crippen LogP contribution in [0.2, 0.25) is 0 Å². The first-order valence-corrected chi connectivity index (χ1v) is 5.75. The lowest BCUT2D eigenvalue weighted by Gasteiger charge is -2.20. The van der Waals surface area contributed by atoms with Gasteiger partial charge >= 0.3 is 5.97 Å². The third kappa shape index (κ3) is 1.90. The molecular weight excluding hydrogens is 230 g/mol. The van der Waals surface area contributed by atoms with Crippen molar-refractivity contribution >= 4 is 23.2 Å². The summed E-state index contributed by atoms with van der Waals surface area (Å²) < 4.78 is 0. The molecule has 2 heterocycles. The Kier molecular flexibility index (Phi) is 2.86. The molecule has 0 radical (unpaired) electrons. The maximum absolute atomic E-state index is 11.3. The number of carboxylic acids is 1. The zero-order valence-electron chi connectivity index (χ0n) is 8.71. The molecule has 1 atom stereocenters. The summed E-state index contributed by atoms with van der Waals surface area (Å²) in [7, 11) is 0. The fourth-order valence-electron chi connectivity index (χ4n) is 1.86. The van der Waals surface area contributed by atoms with Crippen LogP contribution in [0.1, 0.15) is 40.6 Å². The number of amides is 1. The number of rotatable bonds is 2. The van der Waals surface area contributed by atoms with Crippen molar-refractivity contribution in [2.24, 2.45) is 0 Å². The van der Waals surface area contributed by atoms with Crippen molar-refractivity contribution in [3.63, 3.8) is 0 Å². The maximum atomic E-state index is 11.3. The summed E-state index contributed by atoms with van der Waals surface area (Å²) >= 11 is 1.04. The molecule has 1 aromatic rings. The van der Waals surface area contributed by atoms with E-state index in [-0.39, 0.29) is 17.0 Å². The highest BCUT2D eigenvalue weighted by molar-refractivity contribution is 7.13. The van der Waals surface area contributed by atoms with Gasteiger partial charge < -0.3 is 10.0 Å². The Balaban J connectivity index is 2.22. The zero-order valence-corrected chi connectivity index (χ0v) is 9.53. The van der Waals surface area contributed by atoms with Gasteiger partial charge in [-0.3, -0.25) is 4.79 Å². The van der Waals surface area contributed by atoms with Crippen molar-refractivity contribution in [3.05, 3.63) is 10.0 Å². The number of hydrogen-bond donors (Lipinski definition) is 1. The lowest BCUT2D eigenvalue weighted by molar-refractivity contribution is -0.129. The topological polar surface area (TPSA) is 83.4 Å². The number of carbonyl (C=O) groups excluding carboxylic acids is 1. The molecule has 1 amide bonds. The zero-order chi connectivity index (χ0) is 11.7. The third-order valence-corrected chi connectivity index (χ3v) is 3.58. The van der Waals surface area contributed by atoms with Crippen molar-refractivity contribution in [1.82, 2.24) is 15.1 Å². The first kappa shape index (κ1) is 11.0. The van der Waals surface area contributed by atoms with Crippen molar-refractivity contribution in [2.75, 3.05) is 6.54 Å². The van der Waals surface area contributed by atoms with Crippen LogP contribution in [0, 0.1) is 0 Å². The lowest BCUT2D eigenvalue weighted by atomic mass is 10.2. The molecule has 1 aliphatic rings. The van der Waals surface area contributed by atoms with E-state index in [0.717, 1.165) is 24.2 Å². The standard InChI is InChI=1S/C9H11N3O3S/c1-5(13)12-4-2-3-6(12)7-10-11-8(16-7)9(14)15/h6H,2-4H2,1H3,(H,14,15). The summed E-state index contributed by atoms with van der Waals surface area (Å²) in [5, 5.41) is 16.8. The van der Waals surface area contributed by atoms with Gasteiger partial charge in [0.05, 0.1) is 6.04 Å². The summed E-state index contributed by atoms with van der Waals surface area (Å²) in [6.45, 7) is 2.22. The van der Waals surface area contributed by atoms with Crippen LogP contribution in [-0.2, 0) is 4.79 Å². The largest absolute Gasteiger partial charge is 0.476 e. The molecule has 1 aromatic heterocycles. The maximum Gasteiger partial charge on any atom is 0.367 e. The van der Waals surface area contributed by atoms with Crippen LogP contribution in [0.4, 0.5) is 0 Å². The van der Waals surface area contributed by atoms with Crippen LogP contribution in [0.25, 0.3) is 0 Å². The minimum absolute atomic E-state index is 0.00502. The number of aromatic carboxylic acids is 1. The van der Waals surface area contributed by atoms with E-state index in [1.165, 1.54) is 6.92 Å². The molecule has 1 unspecified atom stereocenters. The fraction of sp³-hybridized carbons (Fsp3) is 0.556. The summed E-state index contributed by atoms with van der Waals surface area (Å²) in [6.07, 6.45) is 1.75. The molecule has 6 nitrogen and oxygen atoms in total. The Hall–Kier alpha value is -1.50. The Bertz CT molecular complexity index is 431. The Labute approximate surface area is 95.9 Å². The number of likely N-dealkylation sites (tertiary alicyclic amines) is 1. The minimum atomic E-state index is -1.07. The minimum Gasteiger partial charge on any atom is -0.476 e. The predicted octanol–water partition coefficient (Wildman–Crippen LogP) is 0.920. The Morgan fingerprint density at radius 2 is 2.25 bits per heavy atom. The number of hydrogen-bond acceptors (Lipinski definition) is 5. The molecule has 1 saturated heterocycles. The molecule has 0 saturated carbocycles. The quantitative estimate of drug-likeness (QED) is 0.832. The molecule has 1 N–H and O–H groups in total. The van der Waals surface area contributed by atoms with Gasteiger partial charge in [0, 0.05) is 13.5 Å².